The molecule has 3 aromatic rings. The Morgan fingerprint density at radius 3 is 2.68 bits per heavy atom. The summed E-state index contributed by atoms with van der Waals surface area (Å²) in [7, 11) is 0. The number of nitriles is 1. The molecule has 0 saturated carbocycles. The SMILES string of the molecule is N#Cc1cc2c(nc1SCC(=O)n1c3c(c4ccccc41)CCCC3)CCCCCC2. The van der Waals surface area contributed by atoms with Crippen LogP contribution in [0.2, 0.25) is 0 Å². The van der Waals surface area contributed by atoms with Crippen LogP contribution in [0.4, 0.5) is 0 Å². The lowest BCUT2D eigenvalue weighted by atomic mass is 9.96. The maximum atomic E-state index is 13.4. The van der Waals surface area contributed by atoms with Gasteiger partial charge in [-0.1, -0.05) is 42.8 Å². The Balaban J connectivity index is 1.44. The number of thioether (sulfide) groups is 1. The molecule has 158 valence electrons. The van der Waals surface area contributed by atoms with E-state index < -0.39 is 0 Å². The average molecular weight is 430 g/mol. The van der Waals surface area contributed by atoms with Crippen molar-refractivity contribution in [2.45, 2.75) is 69.2 Å². The van der Waals surface area contributed by atoms with Gasteiger partial charge in [0.25, 0.3) is 0 Å². The van der Waals surface area contributed by atoms with Crippen molar-refractivity contribution in [1.82, 2.24) is 9.55 Å². The van der Waals surface area contributed by atoms with Gasteiger partial charge in [0.05, 0.1) is 16.8 Å². The fourth-order valence-electron chi connectivity index (χ4n) is 5.13. The number of rotatable bonds is 3. The van der Waals surface area contributed by atoms with E-state index in [-0.39, 0.29) is 5.91 Å². The largest absolute Gasteiger partial charge is 0.283 e. The monoisotopic (exact) mass is 429 g/mol. The van der Waals surface area contributed by atoms with E-state index in [0.717, 1.165) is 56.2 Å². The number of para-hydroxylation sites is 1. The van der Waals surface area contributed by atoms with Gasteiger partial charge in [0.15, 0.2) is 0 Å². The third-order valence-corrected chi connectivity index (χ3v) is 7.62. The van der Waals surface area contributed by atoms with Crippen LogP contribution in [-0.4, -0.2) is 21.2 Å². The average Bonchev–Trinajstić information content (AvgIpc) is 3.12. The van der Waals surface area contributed by atoms with Crippen LogP contribution in [0.3, 0.4) is 0 Å². The molecule has 2 aromatic heterocycles. The molecule has 0 aliphatic heterocycles. The summed E-state index contributed by atoms with van der Waals surface area (Å²) in [5, 5.41) is 11.6. The molecule has 2 aliphatic carbocycles. The number of fused-ring (bicyclic) bond motifs is 4. The van der Waals surface area contributed by atoms with E-state index in [1.165, 1.54) is 53.2 Å². The number of carbonyl (C=O) groups is 1. The van der Waals surface area contributed by atoms with Crippen LogP contribution in [-0.2, 0) is 25.7 Å². The van der Waals surface area contributed by atoms with Crippen molar-refractivity contribution in [2.24, 2.45) is 0 Å². The highest BCUT2D eigenvalue weighted by molar-refractivity contribution is 8.00. The van der Waals surface area contributed by atoms with E-state index >= 15 is 0 Å². The van der Waals surface area contributed by atoms with Gasteiger partial charge in [0.1, 0.15) is 11.1 Å². The lowest BCUT2D eigenvalue weighted by Gasteiger charge is -2.16. The van der Waals surface area contributed by atoms with Crippen LogP contribution < -0.4 is 0 Å². The predicted molar refractivity (Wildman–Crippen MR) is 125 cm³/mol. The van der Waals surface area contributed by atoms with Gasteiger partial charge in [0, 0.05) is 16.8 Å². The van der Waals surface area contributed by atoms with Crippen molar-refractivity contribution in [2.75, 3.05) is 5.75 Å². The summed E-state index contributed by atoms with van der Waals surface area (Å²) in [6, 6.07) is 12.6. The molecular weight excluding hydrogens is 402 g/mol. The van der Waals surface area contributed by atoms with Gasteiger partial charge in [-0.3, -0.25) is 9.36 Å². The first-order valence-corrected chi connectivity index (χ1v) is 12.4. The summed E-state index contributed by atoms with van der Waals surface area (Å²) >= 11 is 1.42. The summed E-state index contributed by atoms with van der Waals surface area (Å²) in [5.41, 5.74) is 6.50. The van der Waals surface area contributed by atoms with Crippen LogP contribution in [0.15, 0.2) is 35.4 Å². The zero-order chi connectivity index (χ0) is 21.2. The number of nitrogens with zero attached hydrogens (tertiary/aromatic N) is 3. The minimum atomic E-state index is 0.0850. The molecule has 0 bridgehead atoms. The lowest BCUT2D eigenvalue weighted by molar-refractivity contribution is 0.0943. The summed E-state index contributed by atoms with van der Waals surface area (Å²) in [6.45, 7) is 0. The van der Waals surface area contributed by atoms with E-state index in [1.807, 2.05) is 16.7 Å². The van der Waals surface area contributed by atoms with Crippen molar-refractivity contribution >= 4 is 28.6 Å². The molecule has 2 heterocycles. The molecule has 0 atom stereocenters. The van der Waals surface area contributed by atoms with Crippen molar-refractivity contribution < 1.29 is 4.79 Å². The number of aromatic nitrogens is 2. The maximum Gasteiger partial charge on any atom is 0.241 e. The van der Waals surface area contributed by atoms with Crippen molar-refractivity contribution in [3.05, 3.63) is 58.4 Å². The van der Waals surface area contributed by atoms with E-state index in [2.05, 4.69) is 24.3 Å². The first-order chi connectivity index (χ1) is 15.3. The van der Waals surface area contributed by atoms with Crippen LogP contribution >= 0.6 is 11.8 Å². The normalized spacial score (nSPS) is 16.1. The Bertz CT molecular complexity index is 1190. The molecule has 0 radical (unpaired) electrons. The highest BCUT2D eigenvalue weighted by atomic mass is 32.2. The highest BCUT2D eigenvalue weighted by Gasteiger charge is 2.24. The summed E-state index contributed by atoms with van der Waals surface area (Å²) < 4.78 is 1.94. The number of benzene rings is 1. The van der Waals surface area contributed by atoms with Crippen molar-refractivity contribution in [3.63, 3.8) is 0 Å². The first kappa shape index (κ1) is 20.3. The summed E-state index contributed by atoms with van der Waals surface area (Å²) in [6.07, 6.45) is 11.1. The van der Waals surface area contributed by atoms with Gasteiger partial charge in [0.2, 0.25) is 5.91 Å². The van der Waals surface area contributed by atoms with Crippen LogP contribution in [0.25, 0.3) is 10.9 Å². The van der Waals surface area contributed by atoms with Crippen LogP contribution in [0, 0.1) is 11.3 Å². The van der Waals surface area contributed by atoms with Gasteiger partial charge in [-0.25, -0.2) is 4.98 Å². The molecule has 1 aromatic carbocycles. The Kier molecular flexibility index (Phi) is 5.82. The van der Waals surface area contributed by atoms with Gasteiger partial charge < -0.3 is 0 Å². The van der Waals surface area contributed by atoms with Gasteiger partial charge in [-0.2, -0.15) is 5.26 Å². The number of carbonyl (C=O) groups excluding carboxylic acids is 1. The van der Waals surface area contributed by atoms with Crippen LogP contribution in [0.5, 0.6) is 0 Å². The summed E-state index contributed by atoms with van der Waals surface area (Å²) in [4.78, 5) is 18.3. The second-order valence-corrected chi connectivity index (χ2v) is 9.60. The van der Waals surface area contributed by atoms with Crippen molar-refractivity contribution in [1.29, 1.82) is 5.26 Å². The number of pyridine rings is 1. The fraction of sp³-hybridized carbons (Fsp3) is 0.423. The molecule has 0 N–H and O–H groups in total. The highest BCUT2D eigenvalue weighted by Crippen LogP contribution is 2.33. The lowest BCUT2D eigenvalue weighted by Crippen LogP contribution is -2.18. The molecule has 0 spiro atoms. The molecule has 31 heavy (non-hydrogen) atoms. The zero-order valence-electron chi connectivity index (χ0n) is 17.8. The van der Waals surface area contributed by atoms with Crippen LogP contribution in [0.1, 0.15) is 71.4 Å². The molecule has 0 fully saturated rings. The number of hydrogen-bond donors (Lipinski definition) is 0. The zero-order valence-corrected chi connectivity index (χ0v) is 18.6. The van der Waals surface area contributed by atoms with E-state index in [1.54, 1.807) is 0 Å². The molecule has 5 heteroatoms. The maximum absolute atomic E-state index is 13.4. The second-order valence-electron chi connectivity index (χ2n) is 8.64. The molecule has 4 nitrogen and oxygen atoms in total. The van der Waals surface area contributed by atoms with E-state index in [0.29, 0.717) is 16.3 Å². The quantitative estimate of drug-likeness (QED) is 0.488. The Labute approximate surface area is 187 Å². The second kappa shape index (κ2) is 8.88. The molecule has 0 saturated heterocycles. The van der Waals surface area contributed by atoms with Gasteiger partial charge in [-0.15, -0.1) is 0 Å². The smallest absolute Gasteiger partial charge is 0.241 e. The fourth-order valence-corrected chi connectivity index (χ4v) is 5.96. The third kappa shape index (κ3) is 3.90. The number of aryl methyl sites for hydroxylation is 3. The van der Waals surface area contributed by atoms with E-state index in [9.17, 15) is 10.1 Å². The minimum absolute atomic E-state index is 0.0850. The third-order valence-electron chi connectivity index (χ3n) is 6.65. The van der Waals surface area contributed by atoms with Gasteiger partial charge >= 0.3 is 0 Å². The standard InChI is InChI=1S/C26H27N3OS/c27-16-19-15-18-9-3-1-2-4-12-22(18)28-26(19)31-17-25(30)29-23-13-7-5-10-20(23)21-11-6-8-14-24(21)29/h5,7,10,13,15H,1-4,6,8-9,11-12,14,17H2. The Morgan fingerprint density at radius 2 is 1.81 bits per heavy atom. The molecule has 0 amide bonds. The molecule has 2 aliphatic rings. The first-order valence-electron chi connectivity index (χ1n) is 11.5. The Hall–Kier alpha value is -2.58. The minimum Gasteiger partial charge on any atom is -0.283 e. The van der Waals surface area contributed by atoms with Gasteiger partial charge in [-0.05, 0) is 74.6 Å². The molecule has 5 rings (SSSR count). The molecule has 0 unspecified atom stereocenters. The Morgan fingerprint density at radius 1 is 1.03 bits per heavy atom. The topological polar surface area (TPSA) is 58.7 Å². The number of hydrogen-bond acceptors (Lipinski definition) is 4. The molecular formula is C26H27N3OS. The predicted octanol–water partition coefficient (Wildman–Crippen LogP) is 5.88. The van der Waals surface area contributed by atoms with E-state index in [4.69, 9.17) is 4.98 Å². The summed E-state index contributed by atoms with van der Waals surface area (Å²) in [5.74, 6) is 0.382. The van der Waals surface area contributed by atoms with Crippen molar-refractivity contribution in [3.8, 4) is 6.07 Å².